The number of hydrogen-bond acceptors (Lipinski definition) is 4. The van der Waals surface area contributed by atoms with Crippen LogP contribution in [0.1, 0.15) is 32.6 Å². The summed E-state index contributed by atoms with van der Waals surface area (Å²) in [6, 6.07) is 0. The normalized spacial score (nSPS) is 25.5. The molecule has 0 aromatic carbocycles. The highest BCUT2D eigenvalue weighted by Gasteiger charge is 2.30. The van der Waals surface area contributed by atoms with Crippen molar-refractivity contribution in [1.29, 1.82) is 0 Å². The van der Waals surface area contributed by atoms with Crippen LogP contribution in [0.3, 0.4) is 0 Å². The molecule has 0 spiro atoms. The van der Waals surface area contributed by atoms with E-state index in [0.29, 0.717) is 18.4 Å². The van der Waals surface area contributed by atoms with Crippen LogP contribution >= 0.6 is 0 Å². The number of rotatable bonds is 3. The summed E-state index contributed by atoms with van der Waals surface area (Å²) in [5.41, 5.74) is 0. The van der Waals surface area contributed by atoms with Gasteiger partial charge in [-0.1, -0.05) is 6.92 Å². The SMILES string of the molecule is COC(=O)CN1CCC(C(=O)N2CCC[C@H](C)C2)CC1. The van der Waals surface area contributed by atoms with Crippen molar-refractivity contribution in [1.82, 2.24) is 9.80 Å². The Morgan fingerprint density at radius 3 is 2.45 bits per heavy atom. The van der Waals surface area contributed by atoms with Crippen LogP contribution in [0.15, 0.2) is 0 Å². The summed E-state index contributed by atoms with van der Waals surface area (Å²) in [4.78, 5) is 27.9. The molecule has 20 heavy (non-hydrogen) atoms. The third-order valence-electron chi connectivity index (χ3n) is 4.49. The van der Waals surface area contributed by atoms with Crippen molar-refractivity contribution >= 4 is 11.9 Å². The predicted octanol–water partition coefficient (Wildman–Crippen LogP) is 1.13. The van der Waals surface area contributed by atoms with Crippen LogP contribution in [0.5, 0.6) is 0 Å². The molecular weight excluding hydrogens is 256 g/mol. The van der Waals surface area contributed by atoms with Gasteiger partial charge in [0, 0.05) is 19.0 Å². The quantitative estimate of drug-likeness (QED) is 0.728. The first-order valence-corrected chi connectivity index (χ1v) is 7.68. The second-order valence-corrected chi connectivity index (χ2v) is 6.16. The molecule has 2 rings (SSSR count). The summed E-state index contributed by atoms with van der Waals surface area (Å²) in [6.45, 7) is 6.03. The number of likely N-dealkylation sites (tertiary alicyclic amines) is 2. The van der Waals surface area contributed by atoms with Gasteiger partial charge in [0.1, 0.15) is 0 Å². The van der Waals surface area contributed by atoms with Crippen molar-refractivity contribution in [2.45, 2.75) is 32.6 Å². The maximum absolute atomic E-state index is 12.5. The lowest BCUT2D eigenvalue weighted by atomic mass is 9.93. The first-order valence-electron chi connectivity index (χ1n) is 7.68. The van der Waals surface area contributed by atoms with Gasteiger partial charge < -0.3 is 9.64 Å². The molecule has 0 radical (unpaired) electrons. The lowest BCUT2D eigenvalue weighted by Gasteiger charge is -2.36. The average molecular weight is 282 g/mol. The zero-order chi connectivity index (χ0) is 14.5. The van der Waals surface area contributed by atoms with Gasteiger partial charge in [0.2, 0.25) is 5.91 Å². The summed E-state index contributed by atoms with van der Waals surface area (Å²) >= 11 is 0. The second kappa shape index (κ2) is 7.07. The Labute approximate surface area is 121 Å². The Morgan fingerprint density at radius 1 is 1.15 bits per heavy atom. The molecule has 1 amide bonds. The number of methoxy groups -OCH3 is 1. The molecule has 0 bridgehead atoms. The minimum atomic E-state index is -0.195. The zero-order valence-electron chi connectivity index (χ0n) is 12.6. The van der Waals surface area contributed by atoms with E-state index in [1.165, 1.54) is 13.5 Å². The van der Waals surface area contributed by atoms with Gasteiger partial charge in [-0.15, -0.1) is 0 Å². The largest absolute Gasteiger partial charge is 0.468 e. The Bertz CT molecular complexity index is 351. The zero-order valence-corrected chi connectivity index (χ0v) is 12.6. The molecule has 1 atom stereocenters. The summed E-state index contributed by atoms with van der Waals surface area (Å²) in [5, 5.41) is 0. The molecule has 2 aliphatic heterocycles. The number of carbonyl (C=O) groups excluding carboxylic acids is 2. The molecule has 0 aromatic heterocycles. The van der Waals surface area contributed by atoms with Crippen LogP contribution in [-0.4, -0.2) is 61.5 Å². The van der Waals surface area contributed by atoms with Gasteiger partial charge in [-0.2, -0.15) is 0 Å². The molecule has 2 aliphatic rings. The highest BCUT2D eigenvalue weighted by atomic mass is 16.5. The number of piperidine rings is 2. The molecule has 114 valence electrons. The third kappa shape index (κ3) is 3.95. The van der Waals surface area contributed by atoms with E-state index in [9.17, 15) is 9.59 Å². The predicted molar refractivity (Wildman–Crippen MR) is 76.2 cm³/mol. The number of carbonyl (C=O) groups is 2. The summed E-state index contributed by atoms with van der Waals surface area (Å²) in [6.07, 6.45) is 4.09. The van der Waals surface area contributed by atoms with E-state index < -0.39 is 0 Å². The molecule has 0 unspecified atom stereocenters. The highest BCUT2D eigenvalue weighted by molar-refractivity contribution is 5.79. The van der Waals surface area contributed by atoms with E-state index in [4.69, 9.17) is 0 Å². The Hall–Kier alpha value is -1.10. The average Bonchev–Trinajstić information content (AvgIpc) is 2.47. The van der Waals surface area contributed by atoms with Crippen molar-refractivity contribution in [2.24, 2.45) is 11.8 Å². The van der Waals surface area contributed by atoms with Crippen LogP contribution in [0.4, 0.5) is 0 Å². The first kappa shape index (κ1) is 15.3. The molecular formula is C15H26N2O3. The fourth-order valence-corrected chi connectivity index (χ4v) is 3.23. The Balaban J connectivity index is 1.78. The number of ether oxygens (including phenoxy) is 1. The van der Waals surface area contributed by atoms with Crippen LogP contribution in [-0.2, 0) is 14.3 Å². The fraction of sp³-hybridized carbons (Fsp3) is 0.867. The lowest BCUT2D eigenvalue weighted by Crippen LogP contribution is -2.46. The molecule has 5 heteroatoms. The summed E-state index contributed by atoms with van der Waals surface area (Å²) in [5.74, 6) is 0.912. The van der Waals surface area contributed by atoms with E-state index >= 15 is 0 Å². The summed E-state index contributed by atoms with van der Waals surface area (Å²) in [7, 11) is 1.41. The Morgan fingerprint density at radius 2 is 1.85 bits per heavy atom. The van der Waals surface area contributed by atoms with E-state index in [2.05, 4.69) is 21.5 Å². The van der Waals surface area contributed by atoms with Crippen LogP contribution < -0.4 is 0 Å². The van der Waals surface area contributed by atoms with E-state index in [-0.39, 0.29) is 11.9 Å². The smallest absolute Gasteiger partial charge is 0.319 e. The molecule has 5 nitrogen and oxygen atoms in total. The molecule has 2 fully saturated rings. The summed E-state index contributed by atoms with van der Waals surface area (Å²) < 4.78 is 4.68. The molecule has 2 heterocycles. The van der Waals surface area contributed by atoms with E-state index in [1.807, 2.05) is 0 Å². The van der Waals surface area contributed by atoms with Crippen molar-refractivity contribution < 1.29 is 14.3 Å². The van der Waals surface area contributed by atoms with Gasteiger partial charge in [-0.05, 0) is 44.7 Å². The first-order chi connectivity index (χ1) is 9.60. The number of nitrogens with zero attached hydrogens (tertiary/aromatic N) is 2. The number of esters is 1. The third-order valence-corrected chi connectivity index (χ3v) is 4.49. The van der Waals surface area contributed by atoms with E-state index in [0.717, 1.165) is 45.4 Å². The van der Waals surface area contributed by atoms with Crippen LogP contribution in [0.25, 0.3) is 0 Å². The number of amides is 1. The molecule has 2 saturated heterocycles. The molecule has 0 N–H and O–H groups in total. The fourth-order valence-electron chi connectivity index (χ4n) is 3.23. The van der Waals surface area contributed by atoms with Gasteiger partial charge >= 0.3 is 5.97 Å². The van der Waals surface area contributed by atoms with Crippen LogP contribution in [0.2, 0.25) is 0 Å². The topological polar surface area (TPSA) is 49.9 Å². The minimum absolute atomic E-state index is 0.147. The standard InChI is InChI=1S/C15H26N2O3/c1-12-4-3-7-17(10-12)15(19)13-5-8-16(9-6-13)11-14(18)20-2/h12-13H,3-11H2,1-2H3/t12-/m0/s1. The van der Waals surface area contributed by atoms with Crippen molar-refractivity contribution in [2.75, 3.05) is 39.8 Å². The molecule has 0 saturated carbocycles. The van der Waals surface area contributed by atoms with Gasteiger partial charge in [0.25, 0.3) is 0 Å². The van der Waals surface area contributed by atoms with Gasteiger partial charge in [-0.25, -0.2) is 0 Å². The van der Waals surface area contributed by atoms with Crippen LogP contribution in [0, 0.1) is 11.8 Å². The molecule has 0 aliphatic carbocycles. The minimum Gasteiger partial charge on any atom is -0.468 e. The highest BCUT2D eigenvalue weighted by Crippen LogP contribution is 2.23. The lowest BCUT2D eigenvalue weighted by molar-refractivity contribution is -0.143. The van der Waals surface area contributed by atoms with Gasteiger partial charge in [0.15, 0.2) is 0 Å². The van der Waals surface area contributed by atoms with Gasteiger partial charge in [-0.3, -0.25) is 14.5 Å². The van der Waals surface area contributed by atoms with E-state index in [1.54, 1.807) is 0 Å². The Kier molecular flexibility index (Phi) is 5.40. The molecule has 0 aromatic rings. The second-order valence-electron chi connectivity index (χ2n) is 6.16. The maximum Gasteiger partial charge on any atom is 0.319 e. The van der Waals surface area contributed by atoms with Gasteiger partial charge in [0.05, 0.1) is 13.7 Å². The van der Waals surface area contributed by atoms with Crippen molar-refractivity contribution in [3.05, 3.63) is 0 Å². The maximum atomic E-state index is 12.5. The number of hydrogen-bond donors (Lipinski definition) is 0. The van der Waals surface area contributed by atoms with Crippen molar-refractivity contribution in [3.8, 4) is 0 Å². The van der Waals surface area contributed by atoms with Crippen molar-refractivity contribution in [3.63, 3.8) is 0 Å². The monoisotopic (exact) mass is 282 g/mol.